The van der Waals surface area contributed by atoms with Crippen molar-refractivity contribution in [3.63, 3.8) is 0 Å². The summed E-state index contributed by atoms with van der Waals surface area (Å²) in [7, 11) is 0. The van der Waals surface area contributed by atoms with Gasteiger partial charge in [0.15, 0.2) is 0 Å². The van der Waals surface area contributed by atoms with Gasteiger partial charge in [-0.3, -0.25) is 0 Å². The zero-order chi connectivity index (χ0) is 6.95. The first-order chi connectivity index (χ1) is 4.41. The minimum Gasteiger partial charge on any atom is -0.0936 e. The molecule has 1 heteroatoms. The Labute approximate surface area is 62.2 Å². The highest BCUT2D eigenvalue weighted by atomic mass is 35.5. The number of allylic oxidation sites excluding steroid dienone is 2. The molecule has 52 valence electrons. The highest BCUT2D eigenvalue weighted by molar-refractivity contribution is 6.25. The zero-order valence-corrected chi connectivity index (χ0v) is 6.40. The van der Waals surface area contributed by atoms with Crippen LogP contribution >= 0.6 is 11.6 Å². The van der Waals surface area contributed by atoms with Gasteiger partial charge >= 0.3 is 0 Å². The Morgan fingerprint density at radius 2 is 1.56 bits per heavy atom. The predicted molar refractivity (Wildman–Crippen MR) is 43.7 cm³/mol. The molecule has 0 nitrogen and oxygen atoms in total. The number of rotatable bonds is 0. The van der Waals surface area contributed by atoms with Gasteiger partial charge in [0.1, 0.15) is 0 Å². The average Bonchev–Trinajstić information content (AvgIpc) is 1.93. The van der Waals surface area contributed by atoms with E-state index >= 15 is 0 Å². The molecule has 9 heavy (non-hydrogen) atoms. The van der Waals surface area contributed by atoms with Crippen LogP contribution < -0.4 is 0 Å². The second-order valence-corrected chi connectivity index (χ2v) is 2.22. The molecule has 1 rings (SSSR count). The van der Waals surface area contributed by atoms with Crippen LogP contribution in [-0.2, 0) is 0 Å². The van der Waals surface area contributed by atoms with Crippen molar-refractivity contribution in [1.82, 2.24) is 0 Å². The number of hydrogen-bond acceptors (Lipinski definition) is 0. The summed E-state index contributed by atoms with van der Waals surface area (Å²) in [6.45, 7) is 3.13. The molecular formula is C8H13Cl. The lowest BCUT2D eigenvalue weighted by molar-refractivity contribution is 0.730. The summed E-state index contributed by atoms with van der Waals surface area (Å²) in [6, 6.07) is 0. The maximum Gasteiger partial charge on any atom is -0.00296 e. The van der Waals surface area contributed by atoms with Crippen LogP contribution in [0.4, 0.5) is 0 Å². The monoisotopic (exact) mass is 144 g/mol. The summed E-state index contributed by atoms with van der Waals surface area (Å²) in [5.41, 5.74) is 1.22. The SMILES string of the molecule is C1=CCCCC1.C=CCl. The van der Waals surface area contributed by atoms with Crippen molar-refractivity contribution in [1.29, 1.82) is 0 Å². The largest absolute Gasteiger partial charge is 0.0936 e. The van der Waals surface area contributed by atoms with E-state index in [-0.39, 0.29) is 0 Å². The van der Waals surface area contributed by atoms with Crippen molar-refractivity contribution < 1.29 is 0 Å². The van der Waals surface area contributed by atoms with Crippen LogP contribution in [0.5, 0.6) is 0 Å². The fourth-order valence-corrected chi connectivity index (χ4v) is 0.760. The molecule has 0 atom stereocenters. The summed E-state index contributed by atoms with van der Waals surface area (Å²) >= 11 is 4.76. The molecule has 0 amide bonds. The third kappa shape index (κ3) is 7.77. The van der Waals surface area contributed by atoms with E-state index in [1.807, 2.05) is 0 Å². The zero-order valence-electron chi connectivity index (χ0n) is 5.65. The van der Waals surface area contributed by atoms with E-state index in [1.54, 1.807) is 0 Å². The number of hydrogen-bond donors (Lipinski definition) is 0. The van der Waals surface area contributed by atoms with Gasteiger partial charge in [0, 0.05) is 0 Å². The van der Waals surface area contributed by atoms with E-state index in [9.17, 15) is 0 Å². The molecule has 1 aliphatic rings. The fraction of sp³-hybridized carbons (Fsp3) is 0.500. The molecule has 0 unspecified atom stereocenters. The average molecular weight is 145 g/mol. The molecule has 0 aliphatic heterocycles. The molecule has 0 N–H and O–H groups in total. The fourth-order valence-electron chi connectivity index (χ4n) is 0.760. The van der Waals surface area contributed by atoms with Crippen LogP contribution in [0.25, 0.3) is 0 Å². The molecule has 0 saturated carbocycles. The minimum absolute atomic E-state index is 1.22. The molecule has 1 aliphatic carbocycles. The predicted octanol–water partition coefficient (Wildman–Crippen LogP) is 3.49. The maximum atomic E-state index is 4.76. The second-order valence-electron chi connectivity index (χ2n) is 1.91. The van der Waals surface area contributed by atoms with Crippen molar-refractivity contribution in [2.75, 3.05) is 0 Å². The maximum absolute atomic E-state index is 4.76. The van der Waals surface area contributed by atoms with Gasteiger partial charge in [0.2, 0.25) is 0 Å². The summed E-state index contributed by atoms with van der Waals surface area (Å²) in [5, 5.41) is 0. The van der Waals surface area contributed by atoms with Gasteiger partial charge in [-0.1, -0.05) is 30.3 Å². The van der Waals surface area contributed by atoms with Crippen LogP contribution in [0.3, 0.4) is 0 Å². The molecule has 0 radical (unpaired) electrons. The summed E-state index contributed by atoms with van der Waals surface area (Å²) in [6.07, 6.45) is 10.0. The standard InChI is InChI=1S/C6H10.C2H3Cl/c1-2-4-6-5-3-1;1-2-3/h1-2H,3-6H2;2H,1H2. The van der Waals surface area contributed by atoms with Gasteiger partial charge < -0.3 is 0 Å². The van der Waals surface area contributed by atoms with E-state index in [2.05, 4.69) is 18.7 Å². The molecule has 0 aromatic heterocycles. The van der Waals surface area contributed by atoms with Crippen LogP contribution in [0.2, 0.25) is 0 Å². The third-order valence-corrected chi connectivity index (χ3v) is 1.16. The Hall–Kier alpha value is -0.230. The van der Waals surface area contributed by atoms with Crippen LogP contribution in [0.15, 0.2) is 24.3 Å². The van der Waals surface area contributed by atoms with Crippen LogP contribution in [-0.4, -0.2) is 0 Å². The first-order valence-electron chi connectivity index (χ1n) is 3.28. The minimum atomic E-state index is 1.22. The quantitative estimate of drug-likeness (QED) is 0.457. The Morgan fingerprint density at radius 3 is 1.67 bits per heavy atom. The summed E-state index contributed by atoms with van der Waals surface area (Å²) in [4.78, 5) is 0. The molecule has 0 fully saturated rings. The topological polar surface area (TPSA) is 0 Å². The van der Waals surface area contributed by atoms with E-state index in [0.29, 0.717) is 0 Å². The van der Waals surface area contributed by atoms with Gasteiger partial charge in [-0.25, -0.2) is 0 Å². The van der Waals surface area contributed by atoms with Crippen molar-refractivity contribution in [3.8, 4) is 0 Å². The molecule has 0 spiro atoms. The first-order valence-corrected chi connectivity index (χ1v) is 3.71. The Morgan fingerprint density at radius 1 is 1.22 bits per heavy atom. The smallest absolute Gasteiger partial charge is 0.00296 e. The van der Waals surface area contributed by atoms with Gasteiger partial charge in [0.05, 0.1) is 0 Å². The molecule has 0 aromatic carbocycles. The third-order valence-electron chi connectivity index (χ3n) is 1.16. The highest BCUT2D eigenvalue weighted by Crippen LogP contribution is 2.07. The lowest BCUT2D eigenvalue weighted by Crippen LogP contribution is -1.77. The summed E-state index contributed by atoms with van der Waals surface area (Å²) in [5.74, 6) is 0. The van der Waals surface area contributed by atoms with Crippen molar-refractivity contribution in [2.45, 2.75) is 25.7 Å². The van der Waals surface area contributed by atoms with Crippen molar-refractivity contribution in [3.05, 3.63) is 24.3 Å². The van der Waals surface area contributed by atoms with Crippen LogP contribution in [0, 0.1) is 0 Å². The highest BCUT2D eigenvalue weighted by Gasteiger charge is 1.87. The van der Waals surface area contributed by atoms with Gasteiger partial charge in [0.25, 0.3) is 0 Å². The van der Waals surface area contributed by atoms with E-state index in [0.717, 1.165) is 0 Å². The normalized spacial score (nSPS) is 15.7. The van der Waals surface area contributed by atoms with Gasteiger partial charge in [-0.15, -0.1) is 0 Å². The lowest BCUT2D eigenvalue weighted by atomic mass is 10.1. The van der Waals surface area contributed by atoms with Gasteiger partial charge in [-0.05, 0) is 31.2 Å². The molecule has 0 heterocycles. The second kappa shape index (κ2) is 7.77. The Kier molecular flexibility index (Phi) is 7.57. The van der Waals surface area contributed by atoms with Gasteiger partial charge in [-0.2, -0.15) is 0 Å². The number of halogens is 1. The van der Waals surface area contributed by atoms with E-state index in [4.69, 9.17) is 11.6 Å². The Bertz CT molecular complexity index is 76.6. The molecule has 0 aromatic rings. The molecular weight excluding hydrogens is 132 g/mol. The summed E-state index contributed by atoms with van der Waals surface area (Å²) < 4.78 is 0. The van der Waals surface area contributed by atoms with E-state index < -0.39 is 0 Å². The molecule has 0 saturated heterocycles. The lowest BCUT2D eigenvalue weighted by Gasteiger charge is -1.97. The van der Waals surface area contributed by atoms with Crippen molar-refractivity contribution >= 4 is 11.6 Å². The first kappa shape index (κ1) is 8.77. The van der Waals surface area contributed by atoms with Crippen molar-refractivity contribution in [2.24, 2.45) is 0 Å². The molecule has 0 bridgehead atoms. The Balaban J connectivity index is 0.000000187. The van der Waals surface area contributed by atoms with E-state index in [1.165, 1.54) is 31.2 Å². The van der Waals surface area contributed by atoms with Crippen LogP contribution in [0.1, 0.15) is 25.7 Å².